The van der Waals surface area contributed by atoms with Gasteiger partial charge in [-0.2, -0.15) is 0 Å². The van der Waals surface area contributed by atoms with Gasteiger partial charge >= 0.3 is 0 Å². The minimum absolute atomic E-state index is 0.0874. The highest BCUT2D eigenvalue weighted by Crippen LogP contribution is 2.22. The van der Waals surface area contributed by atoms with Gasteiger partial charge in [-0.25, -0.2) is 13.2 Å². The number of anilines is 1. The molecule has 0 radical (unpaired) electrons. The molecule has 1 aromatic carbocycles. The van der Waals surface area contributed by atoms with Gasteiger partial charge in [-0.3, -0.25) is 9.78 Å². The average molecular weight is 401 g/mol. The lowest BCUT2D eigenvalue weighted by Crippen LogP contribution is -2.14. The number of nitrogens with two attached hydrogens (primary N) is 1. The van der Waals surface area contributed by atoms with Crippen molar-refractivity contribution in [2.75, 3.05) is 11.9 Å². The summed E-state index contributed by atoms with van der Waals surface area (Å²) in [6, 6.07) is 9.50. The lowest BCUT2D eigenvalue weighted by molar-refractivity contribution is 0.100. The van der Waals surface area contributed by atoms with Crippen LogP contribution in [-0.2, 0) is 6.42 Å². The summed E-state index contributed by atoms with van der Waals surface area (Å²) >= 11 is 0. The van der Waals surface area contributed by atoms with E-state index in [1.807, 2.05) is 0 Å². The second-order valence-corrected chi connectivity index (χ2v) is 6.31. The normalized spacial score (nSPS) is 11.8. The first-order valence-corrected chi connectivity index (χ1v) is 8.85. The predicted octanol–water partition coefficient (Wildman–Crippen LogP) is 3.30. The van der Waals surface area contributed by atoms with Gasteiger partial charge in [0.25, 0.3) is 0 Å². The SMILES string of the molecule is NC(=O)c1ccc(F)c(-c2ccc(NCC[C@H](F)Cc3ncccc3F)nn2)c1. The van der Waals surface area contributed by atoms with Crippen LogP contribution in [0.5, 0.6) is 0 Å². The number of halogens is 3. The summed E-state index contributed by atoms with van der Waals surface area (Å²) in [5, 5.41) is 10.8. The van der Waals surface area contributed by atoms with Crippen LogP contribution in [0.1, 0.15) is 22.5 Å². The molecular formula is C20H18F3N5O. The molecule has 0 spiro atoms. The van der Waals surface area contributed by atoms with Gasteiger partial charge in [0.05, 0.1) is 11.4 Å². The number of hydrogen-bond donors (Lipinski definition) is 2. The van der Waals surface area contributed by atoms with Crippen LogP contribution in [0, 0.1) is 11.6 Å². The van der Waals surface area contributed by atoms with Crippen molar-refractivity contribution in [2.45, 2.75) is 19.0 Å². The number of benzene rings is 1. The Balaban J connectivity index is 1.57. The Labute approximate surface area is 165 Å². The number of primary amides is 1. The highest BCUT2D eigenvalue weighted by Gasteiger charge is 2.13. The minimum atomic E-state index is -1.27. The summed E-state index contributed by atoms with van der Waals surface area (Å²) in [4.78, 5) is 15.1. The predicted molar refractivity (Wildman–Crippen MR) is 102 cm³/mol. The maximum absolute atomic E-state index is 14.0. The lowest BCUT2D eigenvalue weighted by atomic mass is 10.1. The molecule has 0 saturated carbocycles. The van der Waals surface area contributed by atoms with Gasteiger partial charge in [0, 0.05) is 30.3 Å². The van der Waals surface area contributed by atoms with E-state index in [9.17, 15) is 18.0 Å². The molecule has 3 N–H and O–H groups in total. The molecule has 1 amide bonds. The van der Waals surface area contributed by atoms with Crippen LogP contribution in [0.4, 0.5) is 19.0 Å². The number of rotatable bonds is 8. The topological polar surface area (TPSA) is 93.8 Å². The van der Waals surface area contributed by atoms with Crippen LogP contribution in [0.15, 0.2) is 48.7 Å². The molecule has 0 aliphatic heterocycles. The Morgan fingerprint density at radius 2 is 1.93 bits per heavy atom. The molecule has 0 bridgehead atoms. The molecule has 3 aromatic rings. The minimum Gasteiger partial charge on any atom is -0.368 e. The molecule has 1 atom stereocenters. The number of carbonyl (C=O) groups is 1. The van der Waals surface area contributed by atoms with E-state index in [0.29, 0.717) is 5.82 Å². The molecule has 0 aliphatic rings. The summed E-state index contributed by atoms with van der Waals surface area (Å²) in [6.45, 7) is 0.245. The fourth-order valence-electron chi connectivity index (χ4n) is 2.68. The monoisotopic (exact) mass is 401 g/mol. The number of nitrogens with zero attached hydrogens (tertiary/aromatic N) is 3. The van der Waals surface area contributed by atoms with Gasteiger partial charge in [-0.15, -0.1) is 10.2 Å². The molecule has 6 nitrogen and oxygen atoms in total. The van der Waals surface area contributed by atoms with E-state index >= 15 is 0 Å². The summed E-state index contributed by atoms with van der Waals surface area (Å²) < 4.78 is 41.5. The second-order valence-electron chi connectivity index (χ2n) is 6.31. The van der Waals surface area contributed by atoms with Crippen molar-refractivity contribution in [2.24, 2.45) is 5.73 Å². The van der Waals surface area contributed by atoms with Crippen molar-refractivity contribution in [3.05, 3.63) is 71.6 Å². The van der Waals surface area contributed by atoms with E-state index < -0.39 is 23.7 Å². The third kappa shape index (κ3) is 5.28. The van der Waals surface area contributed by atoms with Gasteiger partial charge in [0.1, 0.15) is 23.6 Å². The maximum atomic E-state index is 14.0. The molecule has 0 saturated heterocycles. The van der Waals surface area contributed by atoms with Crippen LogP contribution < -0.4 is 11.1 Å². The van der Waals surface area contributed by atoms with Crippen LogP contribution in [0.25, 0.3) is 11.3 Å². The summed E-state index contributed by atoms with van der Waals surface area (Å²) in [5.41, 5.74) is 5.78. The number of carbonyl (C=O) groups excluding carboxylic acids is 1. The van der Waals surface area contributed by atoms with Crippen molar-refractivity contribution in [3.8, 4) is 11.3 Å². The van der Waals surface area contributed by atoms with Gasteiger partial charge in [-0.1, -0.05) is 0 Å². The number of pyridine rings is 1. The molecule has 0 fully saturated rings. The highest BCUT2D eigenvalue weighted by atomic mass is 19.1. The molecule has 2 heterocycles. The third-order valence-electron chi connectivity index (χ3n) is 4.20. The molecule has 2 aromatic heterocycles. The molecule has 3 rings (SSSR count). The number of hydrogen-bond acceptors (Lipinski definition) is 5. The largest absolute Gasteiger partial charge is 0.368 e. The molecular weight excluding hydrogens is 383 g/mol. The van der Waals surface area contributed by atoms with Crippen molar-refractivity contribution >= 4 is 11.7 Å². The number of nitrogens with one attached hydrogen (secondary N) is 1. The molecule has 29 heavy (non-hydrogen) atoms. The zero-order valence-electron chi connectivity index (χ0n) is 15.3. The van der Waals surface area contributed by atoms with E-state index in [0.717, 1.165) is 6.07 Å². The zero-order chi connectivity index (χ0) is 20.8. The van der Waals surface area contributed by atoms with Crippen molar-refractivity contribution < 1.29 is 18.0 Å². The van der Waals surface area contributed by atoms with Gasteiger partial charge in [0.15, 0.2) is 0 Å². The lowest BCUT2D eigenvalue weighted by Gasteiger charge is -2.10. The van der Waals surface area contributed by atoms with Crippen molar-refractivity contribution in [3.63, 3.8) is 0 Å². The van der Waals surface area contributed by atoms with Crippen LogP contribution in [0.2, 0.25) is 0 Å². The fourth-order valence-corrected chi connectivity index (χ4v) is 2.68. The van der Waals surface area contributed by atoms with E-state index in [2.05, 4.69) is 20.5 Å². The number of aromatic nitrogens is 3. The van der Waals surface area contributed by atoms with Crippen LogP contribution in [-0.4, -0.2) is 33.8 Å². The molecule has 150 valence electrons. The quantitative estimate of drug-likeness (QED) is 0.604. The smallest absolute Gasteiger partial charge is 0.248 e. The van der Waals surface area contributed by atoms with E-state index in [1.165, 1.54) is 36.5 Å². The standard InChI is InChI=1S/C20H18F3N5O/c21-13(11-18-16(23)2-1-8-25-18)7-9-26-19-6-5-17(27-28-19)14-10-12(20(24)29)3-4-15(14)22/h1-6,8,10,13H,7,9,11H2,(H2,24,29)(H,26,28)/t13-/m0/s1. The van der Waals surface area contributed by atoms with Gasteiger partial charge in [0.2, 0.25) is 5.91 Å². The average Bonchev–Trinajstić information content (AvgIpc) is 2.70. The fraction of sp³-hybridized carbons (Fsp3) is 0.200. The Hall–Kier alpha value is -3.49. The molecule has 0 aliphatic carbocycles. The summed E-state index contributed by atoms with van der Waals surface area (Å²) in [5.74, 6) is -1.40. The third-order valence-corrected chi connectivity index (χ3v) is 4.20. The first kappa shape index (κ1) is 20.2. The number of amides is 1. The zero-order valence-corrected chi connectivity index (χ0v) is 15.3. The molecule has 0 unspecified atom stereocenters. The number of alkyl halides is 1. The Kier molecular flexibility index (Phi) is 6.38. The summed E-state index contributed by atoms with van der Waals surface area (Å²) in [6.07, 6.45) is 0.149. The Bertz CT molecular complexity index is 998. The molecule has 9 heteroatoms. The van der Waals surface area contributed by atoms with E-state index in [4.69, 9.17) is 5.73 Å². The summed E-state index contributed by atoms with van der Waals surface area (Å²) in [7, 11) is 0. The Morgan fingerprint density at radius 1 is 1.10 bits per heavy atom. The van der Waals surface area contributed by atoms with Gasteiger partial charge in [-0.05, 0) is 48.9 Å². The van der Waals surface area contributed by atoms with Crippen molar-refractivity contribution in [1.82, 2.24) is 15.2 Å². The van der Waals surface area contributed by atoms with E-state index in [-0.39, 0.29) is 41.9 Å². The first-order chi connectivity index (χ1) is 13.9. The van der Waals surface area contributed by atoms with Crippen LogP contribution in [0.3, 0.4) is 0 Å². The first-order valence-electron chi connectivity index (χ1n) is 8.85. The second kappa shape index (κ2) is 9.13. The Morgan fingerprint density at radius 3 is 2.62 bits per heavy atom. The highest BCUT2D eigenvalue weighted by molar-refractivity contribution is 5.94. The van der Waals surface area contributed by atoms with Crippen LogP contribution >= 0.6 is 0 Å². The van der Waals surface area contributed by atoms with E-state index in [1.54, 1.807) is 6.07 Å². The van der Waals surface area contributed by atoms with Gasteiger partial charge < -0.3 is 11.1 Å². The van der Waals surface area contributed by atoms with Crippen molar-refractivity contribution in [1.29, 1.82) is 0 Å². The maximum Gasteiger partial charge on any atom is 0.248 e.